The van der Waals surface area contributed by atoms with E-state index in [4.69, 9.17) is 13.9 Å². The van der Waals surface area contributed by atoms with E-state index in [0.717, 1.165) is 27.3 Å². The van der Waals surface area contributed by atoms with Crippen molar-refractivity contribution in [1.29, 1.82) is 0 Å². The Morgan fingerprint density at radius 3 is 2.47 bits per heavy atom. The molecule has 51 heavy (non-hydrogen) atoms. The van der Waals surface area contributed by atoms with Gasteiger partial charge in [-0.3, -0.25) is 14.5 Å². The van der Waals surface area contributed by atoms with E-state index in [0.29, 0.717) is 39.3 Å². The number of methoxy groups -OCH3 is 1. The number of anilines is 1. The molecule has 0 spiro atoms. The number of para-hydroxylation sites is 1. The highest BCUT2D eigenvalue weighted by Gasteiger charge is 2.47. The molecule has 0 aliphatic carbocycles. The lowest BCUT2D eigenvalue weighted by molar-refractivity contribution is -0.117. The summed E-state index contributed by atoms with van der Waals surface area (Å²) in [5.74, 6) is -0.588. The van der Waals surface area contributed by atoms with Crippen LogP contribution in [0, 0.1) is 0 Å². The van der Waals surface area contributed by atoms with Crippen LogP contribution in [0.1, 0.15) is 33.3 Å². The first kappa shape index (κ1) is 32.3. The number of fused-ring (bicyclic) bond motifs is 2. The van der Waals surface area contributed by atoms with Crippen LogP contribution in [-0.4, -0.2) is 34.1 Å². The molecule has 0 saturated heterocycles. The highest BCUT2D eigenvalue weighted by molar-refractivity contribution is 8.00. The Hall–Kier alpha value is -5.91. The van der Waals surface area contributed by atoms with E-state index in [2.05, 4.69) is 34.5 Å². The van der Waals surface area contributed by atoms with Crippen molar-refractivity contribution in [2.45, 2.75) is 22.7 Å². The Bertz CT molecular complexity index is 2420. The van der Waals surface area contributed by atoms with Gasteiger partial charge in [0.2, 0.25) is 10.9 Å². The third kappa shape index (κ3) is 6.22. The molecular formula is C40H29N3O6S2. The molecule has 3 heterocycles. The Kier molecular flexibility index (Phi) is 8.73. The number of furan rings is 1. The lowest BCUT2D eigenvalue weighted by Crippen LogP contribution is -2.31. The van der Waals surface area contributed by atoms with Crippen LogP contribution in [0.5, 0.6) is 11.5 Å². The second-order valence-electron chi connectivity index (χ2n) is 11.8. The van der Waals surface area contributed by atoms with Crippen molar-refractivity contribution in [2.24, 2.45) is 0 Å². The zero-order valence-corrected chi connectivity index (χ0v) is 28.8. The number of ether oxygens (including phenoxy) is 2. The summed E-state index contributed by atoms with van der Waals surface area (Å²) in [5.41, 5.74) is 2.99. The van der Waals surface area contributed by atoms with Gasteiger partial charge >= 0.3 is 0 Å². The second kappa shape index (κ2) is 13.8. The first-order chi connectivity index (χ1) is 25.0. The molecule has 7 aromatic rings. The predicted molar refractivity (Wildman–Crippen MR) is 198 cm³/mol. The summed E-state index contributed by atoms with van der Waals surface area (Å²) in [6, 6.07) is 37.0. The normalized spacial score (nSPS) is 14.5. The molecule has 0 bridgehead atoms. The highest BCUT2D eigenvalue weighted by Crippen LogP contribution is 2.46. The van der Waals surface area contributed by atoms with Crippen LogP contribution in [0.15, 0.2) is 141 Å². The van der Waals surface area contributed by atoms with Crippen molar-refractivity contribution < 1.29 is 28.6 Å². The average molecular weight is 712 g/mol. The van der Waals surface area contributed by atoms with Crippen molar-refractivity contribution in [3.63, 3.8) is 0 Å². The van der Waals surface area contributed by atoms with E-state index in [1.165, 1.54) is 35.1 Å². The number of nitrogens with zero attached hydrogens (tertiary/aromatic N) is 3. The monoisotopic (exact) mass is 711 g/mol. The summed E-state index contributed by atoms with van der Waals surface area (Å²) >= 11 is 2.71. The number of benzene rings is 5. The maximum atomic E-state index is 14.2. The first-order valence-electron chi connectivity index (χ1n) is 16.1. The number of thioether (sulfide) groups is 1. The quantitative estimate of drug-likeness (QED) is 0.0797. The number of carbonyl (C=O) groups is 2. The molecule has 1 N–H and O–H groups in total. The van der Waals surface area contributed by atoms with Crippen LogP contribution in [0.2, 0.25) is 0 Å². The lowest BCUT2D eigenvalue weighted by Gasteiger charge is -2.24. The van der Waals surface area contributed by atoms with Gasteiger partial charge in [-0.25, -0.2) is 0 Å². The Labute approximate surface area is 300 Å². The van der Waals surface area contributed by atoms with Crippen LogP contribution in [0.25, 0.3) is 21.7 Å². The largest absolute Gasteiger partial charge is 0.503 e. The van der Waals surface area contributed by atoms with Crippen molar-refractivity contribution >= 4 is 61.7 Å². The van der Waals surface area contributed by atoms with Crippen LogP contribution < -0.4 is 14.4 Å². The van der Waals surface area contributed by atoms with Gasteiger partial charge in [0, 0.05) is 11.1 Å². The van der Waals surface area contributed by atoms with Gasteiger partial charge in [0.05, 0.1) is 18.7 Å². The van der Waals surface area contributed by atoms with Crippen LogP contribution in [0.4, 0.5) is 5.13 Å². The molecule has 0 saturated carbocycles. The molecule has 1 atom stereocenters. The number of aromatic nitrogens is 2. The fraction of sp³-hybridized carbons (Fsp3) is 0.100. The molecule has 1 aliphatic rings. The van der Waals surface area contributed by atoms with E-state index in [1.807, 2.05) is 60.7 Å². The van der Waals surface area contributed by atoms with E-state index < -0.39 is 23.5 Å². The van der Waals surface area contributed by atoms with Crippen LogP contribution >= 0.6 is 23.1 Å². The minimum absolute atomic E-state index is 0.00391. The number of carbonyl (C=O) groups excluding carboxylic acids is 2. The highest BCUT2D eigenvalue weighted by atomic mass is 32.2. The molecule has 11 heteroatoms. The van der Waals surface area contributed by atoms with Gasteiger partial charge in [0.25, 0.3) is 5.91 Å². The number of ketones is 1. The van der Waals surface area contributed by atoms with E-state index >= 15 is 0 Å². The number of Topliss-reactive ketones (excluding diaryl/α,β-unsaturated/α-hetero) is 1. The lowest BCUT2D eigenvalue weighted by atomic mass is 9.95. The molecule has 1 unspecified atom stereocenters. The molecule has 9 nitrogen and oxygen atoms in total. The number of aliphatic hydroxyl groups is 1. The van der Waals surface area contributed by atoms with Gasteiger partial charge < -0.3 is 19.0 Å². The zero-order chi connectivity index (χ0) is 34.9. The molecule has 1 aliphatic heterocycles. The molecule has 252 valence electrons. The number of hydrogen-bond acceptors (Lipinski definition) is 10. The number of hydrogen-bond donors (Lipinski definition) is 1. The van der Waals surface area contributed by atoms with Gasteiger partial charge in [0.1, 0.15) is 12.2 Å². The summed E-state index contributed by atoms with van der Waals surface area (Å²) in [4.78, 5) is 29.4. The third-order valence-electron chi connectivity index (χ3n) is 8.68. The minimum Gasteiger partial charge on any atom is -0.503 e. The van der Waals surface area contributed by atoms with Crippen molar-refractivity contribution in [3.8, 4) is 11.5 Å². The maximum Gasteiger partial charge on any atom is 0.296 e. The molecule has 2 aromatic heterocycles. The molecule has 5 aromatic carbocycles. The van der Waals surface area contributed by atoms with E-state index in [-0.39, 0.29) is 16.5 Å². The SMILES string of the molecule is COc1cc(C2C(C(=O)c3cc4ccccc4o3)=C(O)C(=O)N2c2nnc(SCc3cccc4ccccc34)s2)ccc1OCc1ccccc1. The topological polar surface area (TPSA) is 115 Å². The van der Waals surface area contributed by atoms with Crippen LogP contribution in [0.3, 0.4) is 0 Å². The van der Waals surface area contributed by atoms with Gasteiger partial charge in [-0.05, 0) is 51.7 Å². The zero-order valence-electron chi connectivity index (χ0n) is 27.2. The van der Waals surface area contributed by atoms with E-state index in [1.54, 1.807) is 36.4 Å². The standard InChI is InChI=1S/C40H29N3O6S2/c1-47-32-21-27(18-19-31(32)48-22-24-10-3-2-4-11-24)35-34(36(44)33-20-26-13-6-8-17-30(26)49-33)37(45)38(46)43(35)39-41-42-40(51-39)50-23-28-15-9-14-25-12-5-7-16-29(25)28/h2-21,35,45H,22-23H2,1H3. The second-order valence-corrected chi connectivity index (χ2v) is 14.0. The summed E-state index contributed by atoms with van der Waals surface area (Å²) in [6.07, 6.45) is 0. The third-order valence-corrected chi connectivity index (χ3v) is 10.8. The van der Waals surface area contributed by atoms with E-state index in [9.17, 15) is 14.7 Å². The van der Waals surface area contributed by atoms with Gasteiger partial charge in [-0.2, -0.15) is 0 Å². The average Bonchev–Trinajstić information content (AvgIpc) is 3.89. The van der Waals surface area contributed by atoms with Gasteiger partial charge in [-0.1, -0.05) is 120 Å². The molecule has 0 radical (unpaired) electrons. The molecule has 0 fully saturated rings. The maximum absolute atomic E-state index is 14.2. The summed E-state index contributed by atoms with van der Waals surface area (Å²) in [5, 5.41) is 23.4. The Balaban J connectivity index is 1.14. The fourth-order valence-electron chi connectivity index (χ4n) is 6.20. The Morgan fingerprint density at radius 1 is 0.882 bits per heavy atom. The molecular weight excluding hydrogens is 683 g/mol. The minimum atomic E-state index is -1.07. The van der Waals surface area contributed by atoms with Gasteiger partial charge in [0.15, 0.2) is 27.4 Å². The van der Waals surface area contributed by atoms with Crippen LogP contribution in [-0.2, 0) is 17.2 Å². The summed E-state index contributed by atoms with van der Waals surface area (Å²) in [6.45, 7) is 0.311. The van der Waals surface area contributed by atoms with Crippen molar-refractivity contribution in [2.75, 3.05) is 12.0 Å². The predicted octanol–water partition coefficient (Wildman–Crippen LogP) is 9.10. The first-order valence-corrected chi connectivity index (χ1v) is 17.9. The van der Waals surface area contributed by atoms with Crippen molar-refractivity contribution in [3.05, 3.63) is 155 Å². The van der Waals surface area contributed by atoms with Crippen molar-refractivity contribution in [1.82, 2.24) is 10.2 Å². The molecule has 1 amide bonds. The summed E-state index contributed by atoms with van der Waals surface area (Å²) in [7, 11) is 1.52. The number of aliphatic hydroxyl groups excluding tert-OH is 1. The number of rotatable bonds is 11. The molecule has 8 rings (SSSR count). The fourth-order valence-corrected chi connectivity index (χ4v) is 8.07. The van der Waals surface area contributed by atoms with Gasteiger partial charge in [-0.15, -0.1) is 10.2 Å². The Morgan fingerprint density at radius 2 is 1.65 bits per heavy atom. The summed E-state index contributed by atoms with van der Waals surface area (Å²) < 4.78 is 18.3. The smallest absolute Gasteiger partial charge is 0.296 e. The number of amides is 1.